The Kier molecular flexibility index (Phi) is 3.17. The Morgan fingerprint density at radius 1 is 1.19 bits per heavy atom. The highest BCUT2D eigenvalue weighted by Crippen LogP contribution is 2.63. The first-order valence-corrected chi connectivity index (χ1v) is 7.54. The van der Waals surface area contributed by atoms with Crippen LogP contribution in [0.4, 0.5) is 5.69 Å². The maximum atomic E-state index is 12.4. The highest BCUT2D eigenvalue weighted by atomic mass is 16.2. The Labute approximate surface area is 125 Å². The molecule has 2 amide bonds. The van der Waals surface area contributed by atoms with Crippen molar-refractivity contribution in [1.29, 1.82) is 0 Å². The molecule has 1 aromatic carbocycles. The second kappa shape index (κ2) is 4.67. The summed E-state index contributed by atoms with van der Waals surface area (Å²) in [4.78, 5) is 26.3. The lowest BCUT2D eigenvalue weighted by Crippen LogP contribution is -2.36. The Hall–Kier alpha value is -1.68. The number of benzene rings is 1. The molecule has 2 aliphatic rings. The van der Waals surface area contributed by atoms with Crippen molar-refractivity contribution in [3.63, 3.8) is 0 Å². The Balaban J connectivity index is 1.81. The van der Waals surface area contributed by atoms with E-state index in [2.05, 4.69) is 19.2 Å². The predicted octanol–water partition coefficient (Wildman–Crippen LogP) is 2.33. The fourth-order valence-electron chi connectivity index (χ4n) is 3.33. The molecule has 2 fully saturated rings. The smallest absolute Gasteiger partial charge is 0.238 e. The molecule has 1 saturated heterocycles. The van der Waals surface area contributed by atoms with Crippen LogP contribution >= 0.6 is 0 Å². The van der Waals surface area contributed by atoms with Gasteiger partial charge in [0.2, 0.25) is 11.8 Å². The molecule has 1 aromatic rings. The topological polar surface area (TPSA) is 49.4 Å². The standard InChI is InChI=1S/C17H22N2O2/c1-10(2)18-9-11-6-5-7-12(8-11)19-15(20)13-14(16(19)21)17(13,3)4/h5-8,10,13-14,18H,9H2,1-4H3. The first kappa shape index (κ1) is 14.3. The minimum absolute atomic E-state index is 0.0380. The van der Waals surface area contributed by atoms with Crippen LogP contribution in [0.1, 0.15) is 33.3 Å². The highest BCUT2D eigenvalue weighted by molar-refractivity contribution is 6.25. The molecule has 1 heterocycles. The van der Waals surface area contributed by atoms with Crippen molar-refractivity contribution in [3.8, 4) is 0 Å². The fourth-order valence-corrected chi connectivity index (χ4v) is 3.33. The second-order valence-electron chi connectivity index (χ2n) is 6.99. The average Bonchev–Trinajstić information content (AvgIpc) is 2.87. The number of rotatable bonds is 4. The Bertz CT molecular complexity index is 583. The number of hydrogen-bond donors (Lipinski definition) is 1. The van der Waals surface area contributed by atoms with Gasteiger partial charge in [-0.3, -0.25) is 14.5 Å². The molecular weight excluding hydrogens is 264 g/mol. The normalized spacial score (nSPS) is 26.4. The van der Waals surface area contributed by atoms with Gasteiger partial charge in [-0.1, -0.05) is 39.8 Å². The van der Waals surface area contributed by atoms with Crippen LogP contribution in [0.5, 0.6) is 0 Å². The molecule has 112 valence electrons. The predicted molar refractivity (Wildman–Crippen MR) is 81.7 cm³/mol. The first-order valence-electron chi connectivity index (χ1n) is 7.54. The van der Waals surface area contributed by atoms with Gasteiger partial charge in [0.1, 0.15) is 0 Å². The van der Waals surface area contributed by atoms with E-state index in [1.807, 2.05) is 38.1 Å². The molecule has 2 atom stereocenters. The summed E-state index contributed by atoms with van der Waals surface area (Å²) in [5.74, 6) is -0.321. The van der Waals surface area contributed by atoms with Crippen molar-refractivity contribution in [3.05, 3.63) is 29.8 Å². The zero-order valence-corrected chi connectivity index (χ0v) is 13.0. The van der Waals surface area contributed by atoms with Crippen LogP contribution in [0.3, 0.4) is 0 Å². The van der Waals surface area contributed by atoms with Gasteiger partial charge in [-0.2, -0.15) is 0 Å². The van der Waals surface area contributed by atoms with Crippen LogP contribution in [0.15, 0.2) is 24.3 Å². The molecule has 0 bridgehead atoms. The third-order valence-corrected chi connectivity index (χ3v) is 4.68. The van der Waals surface area contributed by atoms with Crippen LogP contribution in [0.2, 0.25) is 0 Å². The Morgan fingerprint density at radius 2 is 1.81 bits per heavy atom. The molecule has 0 spiro atoms. The minimum Gasteiger partial charge on any atom is -0.310 e. The molecule has 4 heteroatoms. The SMILES string of the molecule is CC(C)NCc1cccc(N2C(=O)C3C(C2=O)C3(C)C)c1. The maximum absolute atomic E-state index is 12.4. The van der Waals surface area contributed by atoms with Crippen molar-refractivity contribution >= 4 is 17.5 Å². The molecule has 2 unspecified atom stereocenters. The van der Waals surface area contributed by atoms with Gasteiger partial charge in [0.15, 0.2) is 0 Å². The second-order valence-corrected chi connectivity index (χ2v) is 6.99. The monoisotopic (exact) mass is 286 g/mol. The number of hydrogen-bond acceptors (Lipinski definition) is 3. The summed E-state index contributed by atoms with van der Waals surface area (Å²) in [6.45, 7) is 8.91. The fraction of sp³-hybridized carbons (Fsp3) is 0.529. The number of carbonyl (C=O) groups excluding carboxylic acids is 2. The number of piperidine rings is 1. The quantitative estimate of drug-likeness (QED) is 0.864. The van der Waals surface area contributed by atoms with Crippen molar-refractivity contribution < 1.29 is 9.59 Å². The van der Waals surface area contributed by atoms with E-state index in [0.29, 0.717) is 11.7 Å². The molecule has 1 aliphatic heterocycles. The van der Waals surface area contributed by atoms with Gasteiger partial charge >= 0.3 is 0 Å². The highest BCUT2D eigenvalue weighted by Gasteiger charge is 2.72. The molecule has 21 heavy (non-hydrogen) atoms. The van der Waals surface area contributed by atoms with E-state index in [-0.39, 0.29) is 29.1 Å². The molecule has 1 N–H and O–H groups in total. The third-order valence-electron chi connectivity index (χ3n) is 4.68. The molecule has 3 rings (SSSR count). The molecule has 0 radical (unpaired) electrons. The van der Waals surface area contributed by atoms with Crippen LogP contribution in [-0.2, 0) is 16.1 Å². The molecule has 0 aromatic heterocycles. The van der Waals surface area contributed by atoms with E-state index < -0.39 is 0 Å². The van der Waals surface area contributed by atoms with Gasteiger partial charge in [-0.25, -0.2) is 0 Å². The van der Waals surface area contributed by atoms with E-state index >= 15 is 0 Å². The van der Waals surface area contributed by atoms with Crippen LogP contribution in [-0.4, -0.2) is 17.9 Å². The number of carbonyl (C=O) groups is 2. The van der Waals surface area contributed by atoms with E-state index in [9.17, 15) is 9.59 Å². The molecular formula is C17H22N2O2. The Morgan fingerprint density at radius 3 is 2.38 bits per heavy atom. The van der Waals surface area contributed by atoms with Crippen molar-refractivity contribution in [2.24, 2.45) is 17.3 Å². The van der Waals surface area contributed by atoms with Crippen LogP contribution < -0.4 is 10.2 Å². The number of imide groups is 1. The van der Waals surface area contributed by atoms with E-state index in [1.54, 1.807) is 0 Å². The summed E-state index contributed by atoms with van der Waals surface area (Å²) in [7, 11) is 0. The van der Waals surface area contributed by atoms with Crippen molar-refractivity contribution in [1.82, 2.24) is 5.32 Å². The van der Waals surface area contributed by atoms with E-state index in [1.165, 1.54) is 4.90 Å². The summed E-state index contributed by atoms with van der Waals surface area (Å²) >= 11 is 0. The van der Waals surface area contributed by atoms with Crippen molar-refractivity contribution in [2.75, 3.05) is 4.90 Å². The number of fused-ring (bicyclic) bond motifs is 1. The van der Waals surface area contributed by atoms with Crippen LogP contribution in [0.25, 0.3) is 0 Å². The summed E-state index contributed by atoms with van der Waals surface area (Å²) < 4.78 is 0. The largest absolute Gasteiger partial charge is 0.310 e. The van der Waals surface area contributed by atoms with Gasteiger partial charge in [-0.15, -0.1) is 0 Å². The van der Waals surface area contributed by atoms with Crippen LogP contribution in [0, 0.1) is 17.3 Å². The summed E-state index contributed by atoms with van der Waals surface area (Å²) in [5, 5.41) is 3.34. The summed E-state index contributed by atoms with van der Waals surface area (Å²) in [6.07, 6.45) is 0. The lowest BCUT2D eigenvalue weighted by molar-refractivity contribution is -0.125. The third kappa shape index (κ3) is 2.18. The van der Waals surface area contributed by atoms with Gasteiger partial charge < -0.3 is 5.32 Å². The molecule has 1 aliphatic carbocycles. The van der Waals surface area contributed by atoms with E-state index in [0.717, 1.165) is 12.1 Å². The molecule has 4 nitrogen and oxygen atoms in total. The van der Waals surface area contributed by atoms with Gasteiger partial charge in [0.05, 0.1) is 17.5 Å². The van der Waals surface area contributed by atoms with Gasteiger partial charge in [-0.05, 0) is 23.1 Å². The number of amides is 2. The van der Waals surface area contributed by atoms with Gasteiger partial charge in [0.25, 0.3) is 0 Å². The number of nitrogens with zero attached hydrogens (tertiary/aromatic N) is 1. The summed E-state index contributed by atoms with van der Waals surface area (Å²) in [5.41, 5.74) is 1.64. The van der Waals surface area contributed by atoms with Gasteiger partial charge in [0, 0.05) is 12.6 Å². The zero-order valence-electron chi connectivity index (χ0n) is 13.0. The van der Waals surface area contributed by atoms with Crippen molar-refractivity contribution in [2.45, 2.75) is 40.3 Å². The lowest BCUT2D eigenvalue weighted by Gasteiger charge is -2.21. The number of anilines is 1. The maximum Gasteiger partial charge on any atom is 0.238 e. The average molecular weight is 286 g/mol. The minimum atomic E-state index is -0.151. The first-order chi connectivity index (χ1) is 9.84. The summed E-state index contributed by atoms with van der Waals surface area (Å²) in [6, 6.07) is 8.09. The van der Waals surface area contributed by atoms with E-state index in [4.69, 9.17) is 0 Å². The zero-order chi connectivity index (χ0) is 15.4. The number of nitrogens with one attached hydrogen (secondary N) is 1. The lowest BCUT2D eigenvalue weighted by atomic mass is 10.0. The molecule has 1 saturated carbocycles.